The Balaban J connectivity index is 1.58. The normalized spacial score (nSPS) is 25.6. The molecular formula is C16H19N3O3. The summed E-state index contributed by atoms with van der Waals surface area (Å²) in [5, 5.41) is 0. The van der Waals surface area contributed by atoms with Crippen LogP contribution in [0.1, 0.15) is 16.2 Å². The second-order valence-electron chi connectivity index (χ2n) is 6.11. The van der Waals surface area contributed by atoms with E-state index in [-0.39, 0.29) is 18.1 Å². The quantitative estimate of drug-likeness (QED) is 0.794. The average molecular weight is 301 g/mol. The van der Waals surface area contributed by atoms with Gasteiger partial charge in [-0.05, 0) is 26.1 Å². The number of likely N-dealkylation sites (tertiary alicyclic amines) is 1. The van der Waals surface area contributed by atoms with Crippen LogP contribution < -0.4 is 0 Å². The number of hydrogen-bond donors (Lipinski definition) is 0. The molecule has 1 amide bonds. The molecule has 4 rings (SSSR count). The smallest absolute Gasteiger partial charge is 0.289 e. The van der Waals surface area contributed by atoms with Gasteiger partial charge in [-0.2, -0.15) is 0 Å². The maximum Gasteiger partial charge on any atom is 0.289 e. The molecule has 4 heterocycles. The van der Waals surface area contributed by atoms with Gasteiger partial charge in [0.25, 0.3) is 5.91 Å². The van der Waals surface area contributed by atoms with Crippen LogP contribution in [0, 0.1) is 6.92 Å². The Morgan fingerprint density at radius 1 is 1.36 bits per heavy atom. The molecule has 2 unspecified atom stereocenters. The Bertz CT molecular complexity index is 726. The zero-order valence-electron chi connectivity index (χ0n) is 12.8. The van der Waals surface area contributed by atoms with Gasteiger partial charge in [0.05, 0.1) is 18.8 Å². The number of carbonyl (C=O) groups excluding carboxylic acids is 1. The van der Waals surface area contributed by atoms with E-state index in [4.69, 9.17) is 9.15 Å². The summed E-state index contributed by atoms with van der Waals surface area (Å²) in [7, 11) is 2.09. The Morgan fingerprint density at radius 3 is 3.05 bits per heavy atom. The molecule has 2 atom stereocenters. The largest absolute Gasteiger partial charge is 0.449 e. The SMILES string of the molecule is Cc1ccc2oc(C(=O)N3CC4OCCN(C)C4C3)cc2n1. The number of amides is 1. The molecule has 22 heavy (non-hydrogen) atoms. The number of pyridine rings is 1. The first-order valence-electron chi connectivity index (χ1n) is 7.60. The number of fused-ring (bicyclic) bond motifs is 2. The van der Waals surface area contributed by atoms with E-state index in [1.807, 2.05) is 24.0 Å². The predicted octanol–water partition coefficient (Wildman–Crippen LogP) is 1.29. The summed E-state index contributed by atoms with van der Waals surface area (Å²) in [5.74, 6) is 0.274. The number of furan rings is 1. The number of aryl methyl sites for hydroxylation is 1. The van der Waals surface area contributed by atoms with E-state index in [1.54, 1.807) is 6.07 Å². The minimum Gasteiger partial charge on any atom is -0.449 e. The molecule has 2 saturated heterocycles. The second kappa shape index (κ2) is 5.07. The third-order valence-corrected chi connectivity index (χ3v) is 4.59. The predicted molar refractivity (Wildman–Crippen MR) is 80.8 cm³/mol. The fourth-order valence-electron chi connectivity index (χ4n) is 3.31. The number of carbonyl (C=O) groups is 1. The number of likely N-dealkylation sites (N-methyl/N-ethyl adjacent to an activating group) is 1. The van der Waals surface area contributed by atoms with Gasteiger partial charge < -0.3 is 14.1 Å². The fraction of sp³-hybridized carbons (Fsp3) is 0.500. The van der Waals surface area contributed by atoms with Gasteiger partial charge in [-0.25, -0.2) is 4.98 Å². The van der Waals surface area contributed by atoms with Crippen LogP contribution in [0.25, 0.3) is 11.1 Å². The lowest BCUT2D eigenvalue weighted by molar-refractivity contribution is -0.0368. The van der Waals surface area contributed by atoms with E-state index in [9.17, 15) is 4.79 Å². The third-order valence-electron chi connectivity index (χ3n) is 4.59. The lowest BCUT2D eigenvalue weighted by atomic mass is 10.1. The van der Waals surface area contributed by atoms with Crippen LogP contribution in [-0.2, 0) is 4.74 Å². The highest BCUT2D eigenvalue weighted by Crippen LogP contribution is 2.25. The third kappa shape index (κ3) is 2.19. The second-order valence-corrected chi connectivity index (χ2v) is 6.11. The molecule has 0 N–H and O–H groups in total. The lowest BCUT2D eigenvalue weighted by Gasteiger charge is -2.33. The zero-order valence-corrected chi connectivity index (χ0v) is 12.8. The van der Waals surface area contributed by atoms with Gasteiger partial charge in [0, 0.05) is 31.4 Å². The Morgan fingerprint density at radius 2 is 2.23 bits per heavy atom. The van der Waals surface area contributed by atoms with E-state index < -0.39 is 0 Å². The van der Waals surface area contributed by atoms with Crippen molar-refractivity contribution in [3.05, 3.63) is 29.7 Å². The van der Waals surface area contributed by atoms with Crippen LogP contribution in [0.5, 0.6) is 0 Å². The monoisotopic (exact) mass is 301 g/mol. The van der Waals surface area contributed by atoms with Crippen molar-refractivity contribution in [2.45, 2.75) is 19.1 Å². The minimum absolute atomic E-state index is 0.0814. The standard InChI is InChI=1S/C16H19N3O3/c1-10-3-4-13-11(17-10)7-14(22-13)16(20)19-8-12-15(9-19)21-6-5-18(12)2/h3-4,7,12,15H,5-6,8-9H2,1-2H3. The van der Waals surface area contributed by atoms with Crippen LogP contribution in [-0.4, -0.2) is 66.1 Å². The molecule has 0 aliphatic carbocycles. The van der Waals surface area contributed by atoms with Gasteiger partial charge in [0.2, 0.25) is 0 Å². The van der Waals surface area contributed by atoms with Crippen molar-refractivity contribution in [3.63, 3.8) is 0 Å². The highest BCUT2D eigenvalue weighted by atomic mass is 16.5. The highest BCUT2D eigenvalue weighted by molar-refractivity contribution is 5.95. The van der Waals surface area contributed by atoms with E-state index >= 15 is 0 Å². The van der Waals surface area contributed by atoms with Crippen molar-refractivity contribution in [1.29, 1.82) is 0 Å². The molecule has 2 aliphatic heterocycles. The summed E-state index contributed by atoms with van der Waals surface area (Å²) >= 11 is 0. The van der Waals surface area contributed by atoms with Gasteiger partial charge in [0.1, 0.15) is 5.52 Å². The Labute approximate surface area is 128 Å². The summed E-state index contributed by atoms with van der Waals surface area (Å²) in [5.41, 5.74) is 2.29. The van der Waals surface area contributed by atoms with E-state index in [2.05, 4.69) is 16.9 Å². The van der Waals surface area contributed by atoms with Gasteiger partial charge in [-0.1, -0.05) is 0 Å². The molecule has 6 nitrogen and oxygen atoms in total. The van der Waals surface area contributed by atoms with Gasteiger partial charge in [0.15, 0.2) is 11.3 Å². The molecule has 2 aromatic rings. The number of ether oxygens (including phenoxy) is 1. The first-order chi connectivity index (χ1) is 10.6. The lowest BCUT2D eigenvalue weighted by Crippen LogP contribution is -2.48. The summed E-state index contributed by atoms with van der Waals surface area (Å²) in [6.45, 7) is 4.87. The molecule has 2 fully saturated rings. The van der Waals surface area contributed by atoms with E-state index in [1.165, 1.54) is 0 Å². The van der Waals surface area contributed by atoms with Crippen molar-refractivity contribution in [2.75, 3.05) is 33.3 Å². The maximum absolute atomic E-state index is 12.7. The number of aromatic nitrogens is 1. The molecule has 0 aromatic carbocycles. The van der Waals surface area contributed by atoms with Crippen LogP contribution >= 0.6 is 0 Å². The zero-order chi connectivity index (χ0) is 15.3. The van der Waals surface area contributed by atoms with Crippen molar-refractivity contribution in [1.82, 2.24) is 14.8 Å². The molecule has 0 radical (unpaired) electrons. The summed E-state index contributed by atoms with van der Waals surface area (Å²) in [4.78, 5) is 21.2. The Hall–Kier alpha value is -1.92. The van der Waals surface area contributed by atoms with Gasteiger partial charge >= 0.3 is 0 Å². The van der Waals surface area contributed by atoms with Crippen LogP contribution in [0.4, 0.5) is 0 Å². The molecule has 0 saturated carbocycles. The highest BCUT2D eigenvalue weighted by Gasteiger charge is 2.41. The molecule has 2 aromatic heterocycles. The van der Waals surface area contributed by atoms with Crippen molar-refractivity contribution >= 4 is 17.0 Å². The summed E-state index contributed by atoms with van der Waals surface area (Å²) < 4.78 is 11.5. The first-order valence-corrected chi connectivity index (χ1v) is 7.60. The summed E-state index contributed by atoms with van der Waals surface area (Å²) in [6, 6.07) is 5.75. The average Bonchev–Trinajstić information content (AvgIpc) is 3.10. The maximum atomic E-state index is 12.7. The number of hydrogen-bond acceptors (Lipinski definition) is 5. The van der Waals surface area contributed by atoms with Gasteiger partial charge in [-0.15, -0.1) is 0 Å². The first kappa shape index (κ1) is 13.7. The van der Waals surface area contributed by atoms with E-state index in [0.717, 1.165) is 24.4 Å². The van der Waals surface area contributed by atoms with E-state index in [0.29, 0.717) is 24.4 Å². The fourth-order valence-corrected chi connectivity index (χ4v) is 3.31. The number of morpholine rings is 1. The molecule has 116 valence electrons. The Kier molecular flexibility index (Phi) is 3.16. The minimum atomic E-state index is -0.0814. The molecule has 0 spiro atoms. The number of nitrogens with zero attached hydrogens (tertiary/aromatic N) is 3. The van der Waals surface area contributed by atoms with Crippen molar-refractivity contribution in [3.8, 4) is 0 Å². The van der Waals surface area contributed by atoms with Crippen LogP contribution in [0.2, 0.25) is 0 Å². The van der Waals surface area contributed by atoms with Crippen molar-refractivity contribution < 1.29 is 13.9 Å². The van der Waals surface area contributed by atoms with Gasteiger partial charge in [-0.3, -0.25) is 9.69 Å². The summed E-state index contributed by atoms with van der Waals surface area (Å²) in [6.07, 6.45) is 0.104. The topological polar surface area (TPSA) is 58.8 Å². The number of rotatable bonds is 1. The van der Waals surface area contributed by atoms with Crippen LogP contribution in [0.3, 0.4) is 0 Å². The molecular weight excluding hydrogens is 282 g/mol. The molecule has 6 heteroatoms. The molecule has 0 bridgehead atoms. The van der Waals surface area contributed by atoms with Crippen LogP contribution in [0.15, 0.2) is 22.6 Å². The van der Waals surface area contributed by atoms with Crippen molar-refractivity contribution in [2.24, 2.45) is 0 Å². The molecule has 2 aliphatic rings.